The lowest BCUT2D eigenvalue weighted by molar-refractivity contribution is -0.274. The SMILES string of the molecule is CC(F)(F)Cn1c(=O)oc2cnc(-c3ccc(OC(F)(F)F)cc3)cc21. The van der Waals surface area contributed by atoms with Crippen molar-refractivity contribution in [3.8, 4) is 17.0 Å². The molecule has 5 nitrogen and oxygen atoms in total. The zero-order chi connectivity index (χ0) is 19.1. The fourth-order valence-electron chi connectivity index (χ4n) is 2.38. The average molecular weight is 374 g/mol. The predicted octanol–water partition coefficient (Wildman–Crippen LogP) is 4.21. The lowest BCUT2D eigenvalue weighted by Crippen LogP contribution is -2.25. The van der Waals surface area contributed by atoms with Crippen LogP contribution < -0.4 is 10.5 Å². The minimum absolute atomic E-state index is 0.0278. The van der Waals surface area contributed by atoms with Crippen LogP contribution in [0.2, 0.25) is 0 Å². The molecule has 0 saturated carbocycles. The average Bonchev–Trinajstić information content (AvgIpc) is 2.80. The van der Waals surface area contributed by atoms with Gasteiger partial charge in [0.1, 0.15) is 5.75 Å². The second-order valence-corrected chi connectivity index (χ2v) is 5.63. The van der Waals surface area contributed by atoms with Gasteiger partial charge in [0.15, 0.2) is 5.58 Å². The Morgan fingerprint density at radius 1 is 1.15 bits per heavy atom. The van der Waals surface area contributed by atoms with E-state index < -0.39 is 30.3 Å². The quantitative estimate of drug-likeness (QED) is 0.642. The number of benzene rings is 1. The molecule has 0 fully saturated rings. The van der Waals surface area contributed by atoms with E-state index in [0.29, 0.717) is 12.5 Å². The number of fused-ring (bicyclic) bond motifs is 1. The van der Waals surface area contributed by atoms with Crippen molar-refractivity contribution >= 4 is 11.1 Å². The first kappa shape index (κ1) is 17.9. The summed E-state index contributed by atoms with van der Waals surface area (Å²) in [6.07, 6.45) is -3.62. The Morgan fingerprint density at radius 3 is 2.38 bits per heavy atom. The van der Waals surface area contributed by atoms with Gasteiger partial charge in [0, 0.05) is 12.5 Å². The summed E-state index contributed by atoms with van der Waals surface area (Å²) in [5, 5.41) is 0. The standard InChI is InChI=1S/C16H11F5N2O3/c1-15(17,18)8-23-12-6-11(22-7-13(12)25-14(23)24)9-2-4-10(5-3-9)26-16(19,20)21/h2-7H,8H2,1H3. The highest BCUT2D eigenvalue weighted by molar-refractivity contribution is 5.77. The molecule has 138 valence electrons. The van der Waals surface area contributed by atoms with Gasteiger partial charge in [-0.1, -0.05) is 0 Å². The van der Waals surface area contributed by atoms with E-state index in [1.54, 1.807) is 0 Å². The van der Waals surface area contributed by atoms with Crippen LogP contribution in [-0.4, -0.2) is 21.8 Å². The maximum atomic E-state index is 13.3. The first-order valence-corrected chi connectivity index (χ1v) is 7.25. The summed E-state index contributed by atoms with van der Waals surface area (Å²) in [4.78, 5) is 15.8. The van der Waals surface area contributed by atoms with Gasteiger partial charge < -0.3 is 9.15 Å². The molecule has 0 aliphatic carbocycles. The van der Waals surface area contributed by atoms with Gasteiger partial charge in [0.25, 0.3) is 5.92 Å². The minimum Gasteiger partial charge on any atom is -0.406 e. The largest absolute Gasteiger partial charge is 0.573 e. The van der Waals surface area contributed by atoms with Gasteiger partial charge in [-0.05, 0) is 30.3 Å². The maximum Gasteiger partial charge on any atom is 0.573 e. The molecule has 0 amide bonds. The van der Waals surface area contributed by atoms with Crippen molar-refractivity contribution < 1.29 is 31.1 Å². The van der Waals surface area contributed by atoms with E-state index >= 15 is 0 Å². The number of nitrogens with zero attached hydrogens (tertiary/aromatic N) is 2. The summed E-state index contributed by atoms with van der Waals surface area (Å²) in [5.41, 5.74) is 0.812. The third-order valence-electron chi connectivity index (χ3n) is 3.37. The van der Waals surface area contributed by atoms with E-state index in [9.17, 15) is 26.7 Å². The van der Waals surface area contributed by atoms with E-state index in [2.05, 4.69) is 9.72 Å². The van der Waals surface area contributed by atoms with Crippen LogP contribution in [0, 0.1) is 0 Å². The van der Waals surface area contributed by atoms with Crippen molar-refractivity contribution in [3.63, 3.8) is 0 Å². The van der Waals surface area contributed by atoms with Gasteiger partial charge in [-0.25, -0.2) is 13.6 Å². The molecule has 3 rings (SSSR count). The van der Waals surface area contributed by atoms with Crippen LogP contribution in [0.4, 0.5) is 22.0 Å². The summed E-state index contributed by atoms with van der Waals surface area (Å²) in [5.74, 6) is -4.50. The monoisotopic (exact) mass is 374 g/mol. The number of aromatic nitrogens is 2. The maximum absolute atomic E-state index is 13.3. The fraction of sp³-hybridized carbons (Fsp3) is 0.250. The van der Waals surface area contributed by atoms with Crippen LogP contribution >= 0.6 is 0 Å². The number of ether oxygens (including phenoxy) is 1. The lowest BCUT2D eigenvalue weighted by Gasteiger charge is -2.11. The second-order valence-electron chi connectivity index (χ2n) is 5.63. The molecular formula is C16H11F5N2O3. The van der Waals surface area contributed by atoms with E-state index in [0.717, 1.165) is 16.7 Å². The number of hydrogen-bond acceptors (Lipinski definition) is 4. The topological polar surface area (TPSA) is 57.3 Å². The summed E-state index contributed by atoms with van der Waals surface area (Å²) in [7, 11) is 0. The highest BCUT2D eigenvalue weighted by Crippen LogP contribution is 2.27. The van der Waals surface area contributed by atoms with Crippen molar-refractivity contribution in [1.82, 2.24) is 9.55 Å². The molecule has 0 aliphatic rings. The molecule has 2 heterocycles. The zero-order valence-corrected chi connectivity index (χ0v) is 13.2. The minimum atomic E-state index is -4.81. The third-order valence-corrected chi connectivity index (χ3v) is 3.37. The molecule has 0 bridgehead atoms. The molecule has 0 unspecified atom stereocenters. The number of alkyl halides is 5. The number of hydrogen-bond donors (Lipinski definition) is 0. The number of halogens is 5. The van der Waals surface area contributed by atoms with Gasteiger partial charge in [0.05, 0.1) is 24.0 Å². The first-order valence-electron chi connectivity index (χ1n) is 7.25. The molecule has 3 aromatic rings. The second kappa shape index (κ2) is 6.11. The van der Waals surface area contributed by atoms with Crippen LogP contribution in [-0.2, 0) is 6.54 Å². The normalized spacial score (nSPS) is 12.5. The summed E-state index contributed by atoms with van der Waals surface area (Å²) < 4.78 is 72.5. The van der Waals surface area contributed by atoms with Crippen LogP contribution in [0.1, 0.15) is 6.92 Å². The molecule has 0 aliphatic heterocycles. The van der Waals surface area contributed by atoms with Crippen molar-refractivity contribution in [2.24, 2.45) is 0 Å². The van der Waals surface area contributed by atoms with Crippen LogP contribution in [0.25, 0.3) is 22.4 Å². The third kappa shape index (κ3) is 4.01. The lowest BCUT2D eigenvalue weighted by atomic mass is 10.1. The van der Waals surface area contributed by atoms with Gasteiger partial charge in [0.2, 0.25) is 0 Å². The van der Waals surface area contributed by atoms with E-state index in [4.69, 9.17) is 4.42 Å². The van der Waals surface area contributed by atoms with Crippen molar-refractivity contribution in [2.75, 3.05) is 0 Å². The molecule has 26 heavy (non-hydrogen) atoms. The van der Waals surface area contributed by atoms with E-state index in [-0.39, 0.29) is 16.8 Å². The molecule has 0 atom stereocenters. The van der Waals surface area contributed by atoms with E-state index in [1.165, 1.54) is 24.4 Å². The molecule has 10 heteroatoms. The smallest absolute Gasteiger partial charge is 0.406 e. The number of oxazole rings is 1. The molecule has 0 radical (unpaired) electrons. The van der Waals surface area contributed by atoms with E-state index in [1.807, 2.05) is 0 Å². The van der Waals surface area contributed by atoms with Crippen LogP contribution in [0.15, 0.2) is 45.7 Å². The van der Waals surface area contributed by atoms with Gasteiger partial charge in [-0.3, -0.25) is 9.55 Å². The van der Waals surface area contributed by atoms with Gasteiger partial charge >= 0.3 is 12.1 Å². The van der Waals surface area contributed by atoms with Crippen molar-refractivity contribution in [2.45, 2.75) is 25.8 Å². The first-order chi connectivity index (χ1) is 12.0. The Bertz CT molecular complexity index is 984. The van der Waals surface area contributed by atoms with Crippen molar-refractivity contribution in [1.29, 1.82) is 0 Å². The molecule has 0 N–H and O–H groups in total. The molecule has 2 aromatic heterocycles. The zero-order valence-electron chi connectivity index (χ0n) is 13.2. The Labute approximate surface area is 142 Å². The van der Waals surface area contributed by atoms with Crippen LogP contribution in [0.3, 0.4) is 0 Å². The number of pyridine rings is 1. The molecule has 1 aromatic carbocycles. The summed E-state index contributed by atoms with van der Waals surface area (Å²) in [6, 6.07) is 6.19. The Kier molecular flexibility index (Phi) is 4.21. The molecule has 0 saturated heterocycles. The van der Waals surface area contributed by atoms with Crippen LogP contribution in [0.5, 0.6) is 5.75 Å². The highest BCUT2D eigenvalue weighted by Gasteiger charge is 2.31. The molecular weight excluding hydrogens is 363 g/mol. The Balaban J connectivity index is 1.98. The van der Waals surface area contributed by atoms with Crippen molar-refractivity contribution in [3.05, 3.63) is 47.1 Å². The Morgan fingerprint density at radius 2 is 1.81 bits per heavy atom. The summed E-state index contributed by atoms with van der Waals surface area (Å²) >= 11 is 0. The highest BCUT2D eigenvalue weighted by atomic mass is 19.4. The fourth-order valence-corrected chi connectivity index (χ4v) is 2.38. The molecule has 0 spiro atoms. The number of rotatable bonds is 4. The van der Waals surface area contributed by atoms with Gasteiger partial charge in [-0.2, -0.15) is 0 Å². The van der Waals surface area contributed by atoms with Gasteiger partial charge in [-0.15, -0.1) is 13.2 Å². The predicted molar refractivity (Wildman–Crippen MR) is 81.0 cm³/mol. The Hall–Kier alpha value is -2.91. The summed E-state index contributed by atoms with van der Waals surface area (Å²) in [6.45, 7) is -0.208.